The van der Waals surface area contributed by atoms with Crippen LogP contribution in [-0.4, -0.2) is 20.2 Å². The number of H-pyrrole nitrogens is 1. The Hall–Kier alpha value is -2.76. The number of aromatic amines is 1. The van der Waals surface area contributed by atoms with Crippen molar-refractivity contribution >= 4 is 11.6 Å². The second-order valence-corrected chi connectivity index (χ2v) is 6.44. The molecule has 3 aromatic rings. The van der Waals surface area contributed by atoms with Crippen molar-refractivity contribution < 1.29 is 4.39 Å². The molecule has 1 saturated carbocycles. The van der Waals surface area contributed by atoms with Gasteiger partial charge in [-0.15, -0.1) is 0 Å². The minimum atomic E-state index is -0.498. The summed E-state index contributed by atoms with van der Waals surface area (Å²) in [4.78, 5) is 8.45. The van der Waals surface area contributed by atoms with Gasteiger partial charge in [0.25, 0.3) is 0 Å². The van der Waals surface area contributed by atoms with E-state index in [1.165, 1.54) is 24.6 Å². The maximum absolute atomic E-state index is 14.1. The second-order valence-electron chi connectivity index (χ2n) is 6.44. The van der Waals surface area contributed by atoms with E-state index < -0.39 is 5.82 Å². The highest BCUT2D eigenvalue weighted by Gasteiger charge is 2.25. The van der Waals surface area contributed by atoms with Crippen LogP contribution in [0.25, 0.3) is 11.4 Å². The van der Waals surface area contributed by atoms with Crippen molar-refractivity contribution in [1.82, 2.24) is 20.2 Å². The topological polar surface area (TPSA) is 66.5 Å². The molecular formula is C19H20FN5. The molecule has 128 valence electrons. The Morgan fingerprint density at radius 1 is 1.24 bits per heavy atom. The van der Waals surface area contributed by atoms with Crippen LogP contribution in [0.5, 0.6) is 0 Å². The summed E-state index contributed by atoms with van der Waals surface area (Å²) >= 11 is 0. The predicted molar refractivity (Wildman–Crippen MR) is 95.3 cm³/mol. The van der Waals surface area contributed by atoms with Crippen LogP contribution in [0.15, 0.2) is 36.5 Å². The highest BCUT2D eigenvalue weighted by atomic mass is 19.1. The van der Waals surface area contributed by atoms with E-state index in [2.05, 4.69) is 44.5 Å². The van der Waals surface area contributed by atoms with Crippen LogP contribution in [0.2, 0.25) is 0 Å². The van der Waals surface area contributed by atoms with Gasteiger partial charge in [-0.25, -0.2) is 14.4 Å². The average molecular weight is 337 g/mol. The normalized spacial score (nSPS) is 13.8. The summed E-state index contributed by atoms with van der Waals surface area (Å²) in [5.74, 6) is 1.27. The van der Waals surface area contributed by atoms with Gasteiger partial charge in [0.2, 0.25) is 0 Å². The van der Waals surface area contributed by atoms with E-state index in [0.29, 0.717) is 17.6 Å². The molecule has 0 amide bonds. The van der Waals surface area contributed by atoms with Gasteiger partial charge in [0.1, 0.15) is 0 Å². The predicted octanol–water partition coefficient (Wildman–Crippen LogP) is 4.58. The minimum Gasteiger partial charge on any atom is -0.321 e. The van der Waals surface area contributed by atoms with Crippen LogP contribution < -0.4 is 5.32 Å². The van der Waals surface area contributed by atoms with Gasteiger partial charge in [0, 0.05) is 23.2 Å². The van der Waals surface area contributed by atoms with Gasteiger partial charge in [0.05, 0.1) is 6.20 Å². The lowest BCUT2D eigenvalue weighted by Crippen LogP contribution is -2.01. The summed E-state index contributed by atoms with van der Waals surface area (Å²) < 4.78 is 14.1. The van der Waals surface area contributed by atoms with Crippen molar-refractivity contribution in [2.75, 3.05) is 5.32 Å². The Labute approximate surface area is 145 Å². The van der Waals surface area contributed by atoms with Crippen LogP contribution >= 0.6 is 0 Å². The number of nitrogens with zero attached hydrogens (tertiary/aromatic N) is 3. The number of aryl methyl sites for hydroxylation is 1. The fourth-order valence-corrected chi connectivity index (χ4v) is 2.83. The zero-order valence-electron chi connectivity index (χ0n) is 14.1. The third kappa shape index (κ3) is 3.52. The van der Waals surface area contributed by atoms with Crippen molar-refractivity contribution in [2.24, 2.45) is 0 Å². The highest BCUT2D eigenvalue weighted by molar-refractivity contribution is 5.60. The quantitative estimate of drug-likeness (QED) is 0.691. The number of rotatable bonds is 6. The first kappa shape index (κ1) is 15.7. The van der Waals surface area contributed by atoms with E-state index in [1.54, 1.807) is 0 Å². The summed E-state index contributed by atoms with van der Waals surface area (Å²) in [7, 11) is 0. The van der Waals surface area contributed by atoms with Gasteiger partial charge < -0.3 is 5.32 Å². The number of aromatic nitrogens is 4. The Balaban J connectivity index is 1.56. The van der Waals surface area contributed by atoms with Gasteiger partial charge in [-0.2, -0.15) is 5.10 Å². The molecule has 0 unspecified atom stereocenters. The molecule has 1 aliphatic rings. The summed E-state index contributed by atoms with van der Waals surface area (Å²) in [6, 6.07) is 9.99. The van der Waals surface area contributed by atoms with Gasteiger partial charge >= 0.3 is 0 Å². The zero-order chi connectivity index (χ0) is 17.2. The van der Waals surface area contributed by atoms with Crippen molar-refractivity contribution in [1.29, 1.82) is 0 Å². The van der Waals surface area contributed by atoms with E-state index in [-0.39, 0.29) is 5.82 Å². The molecular weight excluding hydrogens is 317 g/mol. The van der Waals surface area contributed by atoms with Gasteiger partial charge in [-0.3, -0.25) is 5.10 Å². The largest absolute Gasteiger partial charge is 0.321 e. The molecule has 5 nitrogen and oxygen atoms in total. The van der Waals surface area contributed by atoms with Crippen molar-refractivity contribution in [3.8, 4) is 11.4 Å². The smallest absolute Gasteiger partial charge is 0.184 e. The third-order valence-corrected chi connectivity index (χ3v) is 4.36. The molecule has 1 fully saturated rings. The number of benzene rings is 1. The fraction of sp³-hybridized carbons (Fsp3) is 0.316. The highest BCUT2D eigenvalue weighted by Crippen LogP contribution is 2.39. The Morgan fingerprint density at radius 3 is 2.76 bits per heavy atom. The molecule has 2 aromatic heterocycles. The van der Waals surface area contributed by atoms with Gasteiger partial charge in [-0.1, -0.05) is 37.6 Å². The Morgan fingerprint density at radius 2 is 2.04 bits per heavy atom. The van der Waals surface area contributed by atoms with Crippen LogP contribution in [0.4, 0.5) is 16.0 Å². The van der Waals surface area contributed by atoms with Crippen molar-refractivity contribution in [3.63, 3.8) is 0 Å². The molecule has 0 atom stereocenters. The lowest BCUT2D eigenvalue weighted by Gasteiger charge is -2.07. The summed E-state index contributed by atoms with van der Waals surface area (Å²) in [5, 5.41) is 10.1. The molecule has 1 aromatic carbocycles. The number of hydrogen-bond acceptors (Lipinski definition) is 4. The molecule has 1 aliphatic carbocycles. The average Bonchev–Trinajstić information content (AvgIpc) is 3.37. The van der Waals surface area contributed by atoms with Gasteiger partial charge in [-0.05, 0) is 24.8 Å². The SMILES string of the molecule is CCCc1ccc(-c2ncc(F)c(Nc3cc(C4CC4)[nH]n3)n2)cc1. The maximum Gasteiger partial charge on any atom is 0.184 e. The number of hydrogen-bond donors (Lipinski definition) is 2. The molecule has 2 N–H and O–H groups in total. The first-order valence-electron chi connectivity index (χ1n) is 8.67. The van der Waals surface area contributed by atoms with Crippen LogP contribution in [0.3, 0.4) is 0 Å². The first-order valence-corrected chi connectivity index (χ1v) is 8.67. The van der Waals surface area contributed by atoms with Crippen molar-refractivity contribution in [3.05, 3.63) is 53.6 Å². The molecule has 0 bridgehead atoms. The monoisotopic (exact) mass is 337 g/mol. The zero-order valence-corrected chi connectivity index (χ0v) is 14.1. The van der Waals surface area contributed by atoms with Crippen LogP contribution in [0, 0.1) is 5.82 Å². The van der Waals surface area contributed by atoms with E-state index >= 15 is 0 Å². The van der Waals surface area contributed by atoms with E-state index in [1.807, 2.05) is 18.2 Å². The van der Waals surface area contributed by atoms with Gasteiger partial charge in [0.15, 0.2) is 23.3 Å². The maximum atomic E-state index is 14.1. The second kappa shape index (κ2) is 6.63. The van der Waals surface area contributed by atoms with E-state index in [0.717, 1.165) is 24.1 Å². The molecule has 0 aliphatic heterocycles. The van der Waals surface area contributed by atoms with E-state index in [4.69, 9.17) is 0 Å². The fourth-order valence-electron chi connectivity index (χ4n) is 2.83. The van der Waals surface area contributed by atoms with Crippen LogP contribution in [0.1, 0.15) is 43.4 Å². The standard InChI is InChI=1S/C19H20FN5/c1-2-3-12-4-6-14(7-5-12)18-21-11-15(20)19(23-18)22-17-10-16(24-25-17)13-8-9-13/h4-7,10-11,13H,2-3,8-9H2,1H3,(H2,21,22,23,24,25). The summed E-state index contributed by atoms with van der Waals surface area (Å²) in [6.07, 6.45) is 5.70. The number of halogens is 1. The molecule has 6 heteroatoms. The first-order chi connectivity index (χ1) is 12.2. The lowest BCUT2D eigenvalue weighted by atomic mass is 10.1. The molecule has 0 radical (unpaired) electrons. The summed E-state index contributed by atoms with van der Waals surface area (Å²) in [6.45, 7) is 2.15. The van der Waals surface area contributed by atoms with Crippen molar-refractivity contribution in [2.45, 2.75) is 38.5 Å². The number of anilines is 2. The Bertz CT molecular complexity index is 868. The Kier molecular flexibility index (Phi) is 4.17. The molecule has 2 heterocycles. The molecule has 0 saturated heterocycles. The third-order valence-electron chi connectivity index (χ3n) is 4.36. The molecule has 0 spiro atoms. The summed E-state index contributed by atoms with van der Waals surface area (Å²) in [5.41, 5.74) is 3.23. The number of nitrogens with one attached hydrogen (secondary N) is 2. The molecule has 4 rings (SSSR count). The molecule has 25 heavy (non-hydrogen) atoms. The van der Waals surface area contributed by atoms with Crippen LogP contribution in [-0.2, 0) is 6.42 Å². The van der Waals surface area contributed by atoms with E-state index in [9.17, 15) is 4.39 Å². The minimum absolute atomic E-state index is 0.136. The lowest BCUT2D eigenvalue weighted by molar-refractivity contribution is 0.619.